The Morgan fingerprint density at radius 1 is 0.895 bits per heavy atom. The summed E-state index contributed by atoms with van der Waals surface area (Å²) >= 11 is 0. The Balaban J connectivity index is 1.30. The molecule has 200 valence electrons. The van der Waals surface area contributed by atoms with E-state index in [1.807, 2.05) is 66.7 Å². The number of hydrogen-bond acceptors (Lipinski definition) is 6. The molecule has 0 aliphatic carbocycles. The van der Waals surface area contributed by atoms with E-state index in [0.717, 1.165) is 55.1 Å². The number of rotatable bonds is 8. The average molecular weight is 517 g/mol. The van der Waals surface area contributed by atoms with Crippen LogP contribution in [0.4, 0.5) is 0 Å². The highest BCUT2D eigenvalue weighted by Gasteiger charge is 2.39. The number of nitrogens with zero attached hydrogens (tertiary/aromatic N) is 1. The molecule has 5 rings (SSSR count). The highest BCUT2D eigenvalue weighted by atomic mass is 16.7. The molecule has 0 bridgehead atoms. The molecule has 7 heteroatoms. The molecule has 0 unspecified atom stereocenters. The summed E-state index contributed by atoms with van der Waals surface area (Å²) in [6.45, 7) is 6.75. The van der Waals surface area contributed by atoms with Crippen molar-refractivity contribution in [3.8, 4) is 0 Å². The fraction of sp³-hybridized carbons (Fsp3) is 0.387. The molecule has 3 aromatic carbocycles. The van der Waals surface area contributed by atoms with Crippen LogP contribution in [0.2, 0.25) is 0 Å². The summed E-state index contributed by atoms with van der Waals surface area (Å²) in [5, 5.41) is 12.4. The van der Waals surface area contributed by atoms with Crippen LogP contribution in [0.3, 0.4) is 0 Å². The lowest BCUT2D eigenvalue weighted by Crippen LogP contribution is -2.47. The summed E-state index contributed by atoms with van der Waals surface area (Å²) in [6, 6.07) is 25.2. The van der Waals surface area contributed by atoms with E-state index in [4.69, 9.17) is 14.2 Å². The Morgan fingerprint density at radius 2 is 1.55 bits per heavy atom. The minimum Gasteiger partial charge on any atom is -0.392 e. The molecule has 0 spiro atoms. The number of carbonyl (C=O) groups excluding carboxylic acids is 1. The second-order valence-corrected chi connectivity index (χ2v) is 10.0. The molecule has 0 radical (unpaired) electrons. The smallest absolute Gasteiger partial charge is 0.251 e. The molecule has 4 atom stereocenters. The summed E-state index contributed by atoms with van der Waals surface area (Å²) in [5.41, 5.74) is 4.55. The van der Waals surface area contributed by atoms with Crippen LogP contribution in [0.5, 0.6) is 0 Å². The van der Waals surface area contributed by atoms with E-state index in [0.29, 0.717) is 12.1 Å². The zero-order chi connectivity index (χ0) is 26.3. The summed E-state index contributed by atoms with van der Waals surface area (Å²) in [6.07, 6.45) is -0.663. The van der Waals surface area contributed by atoms with E-state index in [9.17, 15) is 9.90 Å². The maximum absolute atomic E-state index is 12.4. The van der Waals surface area contributed by atoms with Crippen LogP contribution in [0, 0.1) is 5.92 Å². The number of hydrogen-bond donors (Lipinski definition) is 2. The van der Waals surface area contributed by atoms with E-state index >= 15 is 0 Å². The molecular formula is C31H36N2O5. The van der Waals surface area contributed by atoms with Crippen molar-refractivity contribution < 1.29 is 24.1 Å². The average Bonchev–Trinajstić information content (AvgIpc) is 2.98. The van der Waals surface area contributed by atoms with Crippen molar-refractivity contribution in [3.05, 3.63) is 107 Å². The largest absolute Gasteiger partial charge is 0.392 e. The predicted molar refractivity (Wildman–Crippen MR) is 144 cm³/mol. The molecule has 3 aromatic rings. The number of aliphatic hydroxyl groups excluding tert-OH is 1. The van der Waals surface area contributed by atoms with Gasteiger partial charge in [-0.15, -0.1) is 0 Å². The van der Waals surface area contributed by atoms with E-state index in [-0.39, 0.29) is 30.6 Å². The Labute approximate surface area is 224 Å². The van der Waals surface area contributed by atoms with Crippen LogP contribution in [0.25, 0.3) is 0 Å². The summed E-state index contributed by atoms with van der Waals surface area (Å²) < 4.78 is 18.7. The topological polar surface area (TPSA) is 80.3 Å². The third-order valence-electron chi connectivity index (χ3n) is 7.41. The molecule has 2 aliphatic heterocycles. The SMILES string of the molecule is C[C@@H]1[C@H](CN2CCOCC2)O[C@H](c2ccc(CNC(=O)c3ccccc3)cc2)O[C@@H]1c1ccc(CO)cc1. The standard InChI is InChI=1S/C31H36N2O5/c1-22-28(20-33-15-17-36-18-16-33)37-31(38-29(22)25-11-9-24(21-34)10-12-25)27-13-7-23(8-14-27)19-32-30(35)26-5-3-2-4-6-26/h2-14,22,28-29,31,34H,15-21H2,1H3,(H,32,35)/t22-,28+,29+,31+/m1/s1. The summed E-state index contributed by atoms with van der Waals surface area (Å²) in [4.78, 5) is 14.8. The molecular weight excluding hydrogens is 480 g/mol. The van der Waals surface area contributed by atoms with Crippen molar-refractivity contribution >= 4 is 5.91 Å². The molecule has 7 nitrogen and oxygen atoms in total. The van der Waals surface area contributed by atoms with Gasteiger partial charge in [-0.3, -0.25) is 9.69 Å². The molecule has 2 heterocycles. The first-order valence-corrected chi connectivity index (χ1v) is 13.3. The van der Waals surface area contributed by atoms with Crippen molar-refractivity contribution in [2.24, 2.45) is 5.92 Å². The van der Waals surface area contributed by atoms with Gasteiger partial charge in [0.25, 0.3) is 5.91 Å². The highest BCUT2D eigenvalue weighted by molar-refractivity contribution is 5.94. The fourth-order valence-corrected chi connectivity index (χ4v) is 5.03. The lowest BCUT2D eigenvalue weighted by atomic mass is 9.90. The maximum atomic E-state index is 12.4. The zero-order valence-electron chi connectivity index (χ0n) is 21.8. The second-order valence-electron chi connectivity index (χ2n) is 10.0. The van der Waals surface area contributed by atoms with E-state index in [2.05, 4.69) is 17.1 Å². The zero-order valence-corrected chi connectivity index (χ0v) is 21.8. The molecule has 2 fully saturated rings. The van der Waals surface area contributed by atoms with E-state index < -0.39 is 6.29 Å². The van der Waals surface area contributed by atoms with Crippen molar-refractivity contribution in [3.63, 3.8) is 0 Å². The number of morpholine rings is 1. The first kappa shape index (κ1) is 26.5. The number of carbonyl (C=O) groups is 1. The highest BCUT2D eigenvalue weighted by Crippen LogP contribution is 2.41. The Kier molecular flexibility index (Phi) is 8.83. The minimum absolute atomic E-state index is 0.0146. The minimum atomic E-state index is -0.507. The Hall–Kier alpha value is -3.07. The van der Waals surface area contributed by atoms with Gasteiger partial charge in [0, 0.05) is 43.2 Å². The Bertz CT molecular complexity index is 1160. The molecule has 0 aromatic heterocycles. The molecule has 2 N–H and O–H groups in total. The monoisotopic (exact) mass is 516 g/mol. The van der Waals surface area contributed by atoms with Crippen LogP contribution in [0.15, 0.2) is 78.9 Å². The first-order chi connectivity index (χ1) is 18.6. The third kappa shape index (κ3) is 6.49. The first-order valence-electron chi connectivity index (χ1n) is 13.3. The molecule has 2 aliphatic rings. The van der Waals surface area contributed by atoms with Crippen molar-refractivity contribution in [2.45, 2.75) is 38.6 Å². The van der Waals surface area contributed by atoms with Gasteiger partial charge in [-0.2, -0.15) is 0 Å². The van der Waals surface area contributed by atoms with Gasteiger partial charge >= 0.3 is 0 Å². The van der Waals surface area contributed by atoms with Gasteiger partial charge in [-0.05, 0) is 28.8 Å². The van der Waals surface area contributed by atoms with Gasteiger partial charge in [0.05, 0.1) is 32.0 Å². The van der Waals surface area contributed by atoms with Gasteiger partial charge < -0.3 is 24.6 Å². The van der Waals surface area contributed by atoms with Gasteiger partial charge in [-0.1, -0.05) is 73.7 Å². The number of ether oxygens (including phenoxy) is 3. The Morgan fingerprint density at radius 3 is 2.24 bits per heavy atom. The number of amides is 1. The molecule has 1 amide bonds. The van der Waals surface area contributed by atoms with E-state index in [1.165, 1.54) is 0 Å². The lowest BCUT2D eigenvalue weighted by Gasteiger charge is -2.43. The quantitative estimate of drug-likeness (QED) is 0.467. The van der Waals surface area contributed by atoms with Crippen LogP contribution in [-0.4, -0.2) is 54.9 Å². The molecule has 0 saturated carbocycles. The van der Waals surface area contributed by atoms with Crippen LogP contribution in [0.1, 0.15) is 51.9 Å². The number of benzene rings is 3. The maximum Gasteiger partial charge on any atom is 0.251 e. The summed E-state index contributed by atoms with van der Waals surface area (Å²) in [5.74, 6) is 0.0465. The lowest BCUT2D eigenvalue weighted by molar-refractivity contribution is -0.277. The number of nitrogens with one attached hydrogen (secondary N) is 1. The van der Waals surface area contributed by atoms with Crippen LogP contribution >= 0.6 is 0 Å². The van der Waals surface area contributed by atoms with Crippen LogP contribution < -0.4 is 5.32 Å². The number of aliphatic hydroxyl groups is 1. The molecule has 2 saturated heterocycles. The second kappa shape index (κ2) is 12.7. The summed E-state index contributed by atoms with van der Waals surface area (Å²) in [7, 11) is 0. The van der Waals surface area contributed by atoms with Gasteiger partial charge in [-0.25, -0.2) is 0 Å². The van der Waals surface area contributed by atoms with Gasteiger partial charge in [0.15, 0.2) is 6.29 Å². The third-order valence-corrected chi connectivity index (χ3v) is 7.41. The molecule has 38 heavy (non-hydrogen) atoms. The van der Waals surface area contributed by atoms with Crippen LogP contribution in [-0.2, 0) is 27.4 Å². The predicted octanol–water partition coefficient (Wildman–Crippen LogP) is 4.23. The normalized spacial score (nSPS) is 24.2. The van der Waals surface area contributed by atoms with E-state index in [1.54, 1.807) is 12.1 Å². The van der Waals surface area contributed by atoms with Crippen molar-refractivity contribution in [2.75, 3.05) is 32.8 Å². The van der Waals surface area contributed by atoms with Gasteiger partial charge in [0.1, 0.15) is 0 Å². The fourth-order valence-electron chi connectivity index (χ4n) is 5.03. The van der Waals surface area contributed by atoms with Crippen molar-refractivity contribution in [1.82, 2.24) is 10.2 Å². The van der Waals surface area contributed by atoms with Gasteiger partial charge in [0.2, 0.25) is 0 Å². The van der Waals surface area contributed by atoms with Crippen molar-refractivity contribution in [1.29, 1.82) is 0 Å².